The van der Waals surface area contributed by atoms with Gasteiger partial charge in [-0.25, -0.2) is 9.18 Å². The smallest absolute Gasteiger partial charge is 0.326 e. The number of carboxylic acid groups (broad SMARTS) is 1. The number of aliphatic carboxylic acids is 1. The van der Waals surface area contributed by atoms with Crippen molar-refractivity contribution in [3.63, 3.8) is 0 Å². The van der Waals surface area contributed by atoms with Crippen LogP contribution in [-0.4, -0.2) is 130 Å². The van der Waals surface area contributed by atoms with Gasteiger partial charge >= 0.3 is 5.97 Å². The Hall–Kier alpha value is -5.90. The van der Waals surface area contributed by atoms with E-state index in [0.29, 0.717) is 6.42 Å². The molecule has 0 bridgehead atoms. The standard InChI is InChI=1S/C39H62FN11O10/c1-20(2)15-26(48-35(57)27(16-21(3)4)49-36(58)28(47-32(54)24(41)19-52)17-22-9-5-6-10-23(22)40)34(56)46-25(11-7-13-45-39(43)44)33(55)50-29(18-31(42)53)37(59)51-14-8-12-30(51)38(60)61/h5-6,9-10,20-21,24-30,52H,7-8,11-19,41H2,1-4H3,(H2,42,53)(H,46,56)(H,47,54)(H,48,57)(H,49,58)(H,50,55)(H,60,61)(H4,43,44,45)/t24-,25-,26-,27-,28-,29-,30-/m0/s1. The minimum absolute atomic E-state index is 0.0345. The van der Waals surface area contributed by atoms with Gasteiger partial charge in [0.1, 0.15) is 48.1 Å². The summed E-state index contributed by atoms with van der Waals surface area (Å²) >= 11 is 0. The molecule has 0 radical (unpaired) electrons. The molecule has 7 atom stereocenters. The lowest BCUT2D eigenvalue weighted by Crippen LogP contribution is -2.60. The van der Waals surface area contributed by atoms with Gasteiger partial charge in [-0.2, -0.15) is 0 Å². The molecule has 1 aromatic carbocycles. The van der Waals surface area contributed by atoms with Crippen LogP contribution in [0.25, 0.3) is 0 Å². The number of hydrogen-bond donors (Lipinski definition) is 11. The number of guanidine groups is 1. The first-order chi connectivity index (χ1) is 28.6. The van der Waals surface area contributed by atoms with Gasteiger partial charge in [-0.3, -0.25) is 38.6 Å². The van der Waals surface area contributed by atoms with E-state index < -0.39 is 108 Å². The molecular formula is C39H62FN11O10. The molecule has 1 aliphatic rings. The zero-order valence-electron chi connectivity index (χ0n) is 35.0. The highest BCUT2D eigenvalue weighted by Gasteiger charge is 2.39. The molecule has 0 saturated carbocycles. The topological polar surface area (TPSA) is 357 Å². The predicted octanol–water partition coefficient (Wildman–Crippen LogP) is -2.79. The summed E-state index contributed by atoms with van der Waals surface area (Å²) in [5.41, 5.74) is 22.0. The van der Waals surface area contributed by atoms with Crippen LogP contribution < -0.4 is 49.5 Å². The van der Waals surface area contributed by atoms with Crippen LogP contribution in [0.4, 0.5) is 4.39 Å². The van der Waals surface area contributed by atoms with Crippen LogP contribution in [0.3, 0.4) is 0 Å². The first-order valence-electron chi connectivity index (χ1n) is 20.1. The number of amides is 7. The third kappa shape index (κ3) is 17.3. The van der Waals surface area contributed by atoms with Crippen molar-refractivity contribution in [2.45, 2.75) is 121 Å². The van der Waals surface area contributed by atoms with Gasteiger partial charge in [0, 0.05) is 19.5 Å². The summed E-state index contributed by atoms with van der Waals surface area (Å²) in [5.74, 6) is -8.70. The number of benzene rings is 1. The van der Waals surface area contributed by atoms with Crippen molar-refractivity contribution in [1.29, 1.82) is 0 Å². The van der Waals surface area contributed by atoms with Gasteiger partial charge in [0.25, 0.3) is 0 Å². The second-order valence-corrected chi connectivity index (χ2v) is 15.8. The lowest BCUT2D eigenvalue weighted by atomic mass is 9.98. The number of nitrogens with two attached hydrogens (primary N) is 4. The summed E-state index contributed by atoms with van der Waals surface area (Å²) in [6, 6.07) is -4.02. The van der Waals surface area contributed by atoms with Crippen LogP contribution in [0, 0.1) is 17.7 Å². The molecule has 0 aliphatic carbocycles. The Kier molecular flexibility index (Phi) is 21.0. The summed E-state index contributed by atoms with van der Waals surface area (Å²) < 4.78 is 14.7. The first kappa shape index (κ1) is 51.2. The number of rotatable bonds is 25. The number of carbonyl (C=O) groups excluding carboxylic acids is 7. The van der Waals surface area contributed by atoms with E-state index in [1.54, 1.807) is 27.7 Å². The highest BCUT2D eigenvalue weighted by molar-refractivity contribution is 5.98. The molecule has 22 heteroatoms. The molecule has 0 unspecified atom stereocenters. The number of aliphatic hydroxyl groups excluding tert-OH is 1. The summed E-state index contributed by atoms with van der Waals surface area (Å²) in [7, 11) is 0. The van der Waals surface area contributed by atoms with Crippen LogP contribution in [0.2, 0.25) is 0 Å². The number of aliphatic imine (C=N–C) groups is 1. The van der Waals surface area contributed by atoms with Crippen LogP contribution >= 0.6 is 0 Å². The SMILES string of the molecule is CC(C)C[C@H](NC(=O)[C@H](CC(C)C)NC(=O)[C@H](Cc1ccccc1F)NC(=O)[C@@H](N)CO)C(=O)N[C@@H](CCCN=C(N)N)C(=O)N[C@@H](CC(N)=O)C(=O)N1CCC[C@H]1C(=O)O. The van der Waals surface area contributed by atoms with Gasteiger partial charge in [0.15, 0.2) is 5.96 Å². The van der Waals surface area contributed by atoms with E-state index in [4.69, 9.17) is 22.9 Å². The Morgan fingerprint density at radius 2 is 1.30 bits per heavy atom. The van der Waals surface area contributed by atoms with Crippen molar-refractivity contribution in [2.24, 2.45) is 39.8 Å². The molecular weight excluding hydrogens is 801 g/mol. The molecule has 61 heavy (non-hydrogen) atoms. The first-order valence-corrected chi connectivity index (χ1v) is 20.1. The largest absolute Gasteiger partial charge is 0.480 e. The summed E-state index contributed by atoms with van der Waals surface area (Å²) in [5, 5.41) is 31.7. The maximum atomic E-state index is 14.7. The zero-order valence-corrected chi connectivity index (χ0v) is 35.0. The fraction of sp³-hybridized carbons (Fsp3) is 0.615. The predicted molar refractivity (Wildman–Crippen MR) is 220 cm³/mol. The number of primary amides is 1. The van der Waals surface area contributed by atoms with Crippen molar-refractivity contribution >= 4 is 53.3 Å². The van der Waals surface area contributed by atoms with Crippen LogP contribution in [-0.2, 0) is 44.8 Å². The minimum atomic E-state index is -1.57. The lowest BCUT2D eigenvalue weighted by molar-refractivity contribution is -0.149. The summed E-state index contributed by atoms with van der Waals surface area (Å²) in [6.45, 7) is 6.45. The molecule has 15 N–H and O–H groups in total. The fourth-order valence-corrected chi connectivity index (χ4v) is 6.61. The zero-order chi connectivity index (χ0) is 46.0. The second kappa shape index (κ2) is 25.0. The Morgan fingerprint density at radius 3 is 1.80 bits per heavy atom. The van der Waals surface area contributed by atoms with Crippen LogP contribution in [0.1, 0.15) is 78.2 Å². The van der Waals surface area contributed by atoms with E-state index in [1.807, 2.05) is 0 Å². The van der Waals surface area contributed by atoms with E-state index in [2.05, 4.69) is 31.6 Å². The van der Waals surface area contributed by atoms with Crippen molar-refractivity contribution < 1.29 is 53.0 Å². The van der Waals surface area contributed by atoms with Crippen molar-refractivity contribution in [2.75, 3.05) is 19.7 Å². The maximum absolute atomic E-state index is 14.7. The Balaban J connectivity index is 2.41. The number of halogens is 1. The van der Waals surface area contributed by atoms with Crippen molar-refractivity contribution in [3.05, 3.63) is 35.6 Å². The molecule has 1 heterocycles. The molecule has 340 valence electrons. The average molecular weight is 864 g/mol. The normalized spacial score (nSPS) is 16.6. The Morgan fingerprint density at radius 1 is 0.787 bits per heavy atom. The molecule has 2 rings (SSSR count). The summed E-state index contributed by atoms with van der Waals surface area (Å²) in [4.78, 5) is 111. The second-order valence-electron chi connectivity index (χ2n) is 15.8. The number of aliphatic hydroxyl groups is 1. The average Bonchev–Trinajstić information content (AvgIpc) is 3.68. The van der Waals surface area contributed by atoms with Gasteiger partial charge in [-0.15, -0.1) is 0 Å². The van der Waals surface area contributed by atoms with Gasteiger partial charge in [0.05, 0.1) is 13.0 Å². The minimum Gasteiger partial charge on any atom is -0.480 e. The molecule has 0 aromatic heterocycles. The molecule has 7 amide bonds. The fourth-order valence-electron chi connectivity index (χ4n) is 6.61. The van der Waals surface area contributed by atoms with Crippen molar-refractivity contribution in [3.8, 4) is 0 Å². The molecule has 1 fully saturated rings. The molecule has 1 aromatic rings. The number of nitrogens with zero attached hydrogens (tertiary/aromatic N) is 2. The van der Waals surface area contributed by atoms with Gasteiger partial charge < -0.3 is 64.6 Å². The lowest BCUT2D eigenvalue weighted by Gasteiger charge is -2.29. The van der Waals surface area contributed by atoms with E-state index in [-0.39, 0.29) is 75.0 Å². The van der Waals surface area contributed by atoms with E-state index in [0.717, 1.165) is 4.90 Å². The van der Waals surface area contributed by atoms with E-state index in [1.165, 1.54) is 24.3 Å². The highest BCUT2D eigenvalue weighted by atomic mass is 19.1. The van der Waals surface area contributed by atoms with E-state index in [9.17, 15) is 53.0 Å². The van der Waals surface area contributed by atoms with E-state index >= 15 is 0 Å². The monoisotopic (exact) mass is 863 g/mol. The third-order valence-electron chi connectivity index (χ3n) is 9.65. The maximum Gasteiger partial charge on any atom is 0.326 e. The molecule has 1 aliphatic heterocycles. The van der Waals surface area contributed by atoms with Crippen LogP contribution in [0.15, 0.2) is 29.3 Å². The van der Waals surface area contributed by atoms with Gasteiger partial charge in [-0.1, -0.05) is 45.9 Å². The number of nitrogens with one attached hydrogen (secondary N) is 5. The third-order valence-corrected chi connectivity index (χ3v) is 9.65. The quantitative estimate of drug-likeness (QED) is 0.0269. The summed E-state index contributed by atoms with van der Waals surface area (Å²) in [6.07, 6.45) is -0.346. The molecule has 21 nitrogen and oxygen atoms in total. The number of carboxylic acids is 1. The van der Waals surface area contributed by atoms with Gasteiger partial charge in [0.2, 0.25) is 41.4 Å². The highest BCUT2D eigenvalue weighted by Crippen LogP contribution is 2.20. The van der Waals surface area contributed by atoms with Crippen molar-refractivity contribution in [1.82, 2.24) is 31.5 Å². The number of likely N-dealkylation sites (tertiary alicyclic amines) is 1. The Labute approximate surface area is 353 Å². The number of hydrogen-bond acceptors (Lipinski definition) is 11. The molecule has 0 spiro atoms. The number of carbonyl (C=O) groups is 8. The van der Waals surface area contributed by atoms with Gasteiger partial charge in [-0.05, 0) is 62.0 Å². The molecule has 1 saturated heterocycles. The Bertz CT molecular complexity index is 1740. The van der Waals surface area contributed by atoms with Crippen LogP contribution in [0.5, 0.6) is 0 Å².